The van der Waals surface area contributed by atoms with E-state index in [0.717, 1.165) is 10.5 Å². The summed E-state index contributed by atoms with van der Waals surface area (Å²) in [6, 6.07) is 13.4. The molecule has 2 N–H and O–H groups in total. The van der Waals surface area contributed by atoms with E-state index in [9.17, 15) is 14.7 Å². The summed E-state index contributed by atoms with van der Waals surface area (Å²) in [6.45, 7) is 5.33. The molecule has 2 amide bonds. The van der Waals surface area contributed by atoms with Gasteiger partial charge in [-0.05, 0) is 38.5 Å². The van der Waals surface area contributed by atoms with E-state index in [-0.39, 0.29) is 13.2 Å². The average molecular weight is 468 g/mol. The first-order valence-electron chi connectivity index (χ1n) is 10.7. The van der Waals surface area contributed by atoms with Crippen LogP contribution in [0.4, 0.5) is 10.5 Å². The Morgan fingerprint density at radius 2 is 1.91 bits per heavy atom. The number of anilines is 1. The Hall–Kier alpha value is -3.85. The molecule has 0 fully saturated rings. The molecule has 1 heterocycles. The van der Waals surface area contributed by atoms with E-state index in [1.165, 1.54) is 13.5 Å². The topological polar surface area (TPSA) is 114 Å². The fourth-order valence-corrected chi connectivity index (χ4v) is 3.56. The number of carbonyl (C=O) groups excluding carboxylic acids is 1. The molecule has 1 atom stereocenters. The van der Waals surface area contributed by atoms with E-state index in [4.69, 9.17) is 13.9 Å². The smallest absolute Gasteiger partial charge is 0.408 e. The third kappa shape index (κ3) is 6.14. The Morgan fingerprint density at radius 1 is 1.18 bits per heavy atom. The number of carboxylic acid groups (broad SMARTS) is 1. The zero-order valence-electron chi connectivity index (χ0n) is 19.6. The van der Waals surface area contributed by atoms with E-state index < -0.39 is 23.6 Å². The highest BCUT2D eigenvalue weighted by atomic mass is 16.5. The highest BCUT2D eigenvalue weighted by Crippen LogP contribution is 2.32. The van der Waals surface area contributed by atoms with Crippen molar-refractivity contribution in [2.45, 2.75) is 39.0 Å². The maximum Gasteiger partial charge on any atom is 0.408 e. The Morgan fingerprint density at radius 3 is 2.50 bits per heavy atom. The zero-order chi connectivity index (χ0) is 24.7. The third-order valence-corrected chi connectivity index (χ3v) is 5.10. The highest BCUT2D eigenvalue weighted by molar-refractivity contribution is 5.97. The van der Waals surface area contributed by atoms with Crippen LogP contribution in [0, 0.1) is 0 Å². The SMILES string of the molecule is COc1cc(NC(=O)[C@@H](COCc2ccccc2)N(C(=O)O)C(C)(C)C)ccc1-c1cnco1. The van der Waals surface area contributed by atoms with Gasteiger partial charge in [-0.1, -0.05) is 30.3 Å². The molecule has 0 spiro atoms. The van der Waals surface area contributed by atoms with Gasteiger partial charge in [0.2, 0.25) is 5.91 Å². The van der Waals surface area contributed by atoms with Gasteiger partial charge in [0.25, 0.3) is 0 Å². The molecule has 0 aliphatic heterocycles. The summed E-state index contributed by atoms with van der Waals surface area (Å²) in [5, 5.41) is 12.7. The minimum Gasteiger partial charge on any atom is -0.496 e. The third-order valence-electron chi connectivity index (χ3n) is 5.10. The molecule has 0 aliphatic carbocycles. The predicted octanol–water partition coefficient (Wildman–Crippen LogP) is 4.65. The molecule has 3 aromatic rings. The first-order valence-corrected chi connectivity index (χ1v) is 10.7. The lowest BCUT2D eigenvalue weighted by Gasteiger charge is -2.38. The average Bonchev–Trinajstić information content (AvgIpc) is 3.32. The van der Waals surface area contributed by atoms with Crippen molar-refractivity contribution in [1.82, 2.24) is 9.88 Å². The summed E-state index contributed by atoms with van der Waals surface area (Å²) < 4.78 is 16.5. The number of oxazole rings is 1. The van der Waals surface area contributed by atoms with Gasteiger partial charge in [-0.25, -0.2) is 9.78 Å². The largest absolute Gasteiger partial charge is 0.496 e. The summed E-state index contributed by atoms with van der Waals surface area (Å²) in [6.07, 6.45) is 1.66. The zero-order valence-corrected chi connectivity index (χ0v) is 19.6. The summed E-state index contributed by atoms with van der Waals surface area (Å²) >= 11 is 0. The minimum absolute atomic E-state index is 0.114. The van der Waals surface area contributed by atoms with Crippen molar-refractivity contribution in [2.75, 3.05) is 19.0 Å². The van der Waals surface area contributed by atoms with E-state index in [1.807, 2.05) is 30.3 Å². The number of amides is 2. The molecule has 0 unspecified atom stereocenters. The molecular weight excluding hydrogens is 438 g/mol. The molecule has 3 rings (SSSR count). The number of methoxy groups -OCH3 is 1. The standard InChI is InChI=1S/C25H29N3O6/c1-25(2,3)28(24(30)31)20(15-33-14-17-8-6-5-7-9-17)23(29)27-18-10-11-19(21(12-18)32-4)22-13-26-16-34-22/h5-13,16,20H,14-15H2,1-4H3,(H,27,29)(H,30,31)/t20-/m1/s1. The first kappa shape index (κ1) is 24.8. The van der Waals surface area contributed by atoms with E-state index in [1.54, 1.807) is 45.2 Å². The molecule has 9 nitrogen and oxygen atoms in total. The fraction of sp³-hybridized carbons (Fsp3) is 0.320. The van der Waals surface area contributed by atoms with Crippen LogP contribution in [-0.4, -0.2) is 52.3 Å². The molecule has 1 aromatic heterocycles. The quantitative estimate of drug-likeness (QED) is 0.471. The number of aromatic nitrogens is 1. The van der Waals surface area contributed by atoms with Gasteiger partial charge in [0.05, 0.1) is 32.1 Å². The fourth-order valence-electron chi connectivity index (χ4n) is 3.56. The van der Waals surface area contributed by atoms with Crippen LogP contribution in [0.25, 0.3) is 11.3 Å². The summed E-state index contributed by atoms with van der Waals surface area (Å²) in [5.41, 5.74) is 1.20. The monoisotopic (exact) mass is 467 g/mol. The van der Waals surface area contributed by atoms with Crippen LogP contribution in [0.2, 0.25) is 0 Å². The van der Waals surface area contributed by atoms with Gasteiger partial charge >= 0.3 is 6.09 Å². The molecule has 0 saturated carbocycles. The number of nitrogens with zero attached hydrogens (tertiary/aromatic N) is 2. The first-order chi connectivity index (χ1) is 16.2. The second-order valence-corrected chi connectivity index (χ2v) is 8.61. The maximum absolute atomic E-state index is 13.3. The van der Waals surface area contributed by atoms with Crippen molar-refractivity contribution in [3.63, 3.8) is 0 Å². The maximum atomic E-state index is 13.3. The van der Waals surface area contributed by atoms with Crippen molar-refractivity contribution in [2.24, 2.45) is 0 Å². The molecule has 0 aliphatic rings. The summed E-state index contributed by atoms with van der Waals surface area (Å²) in [4.78, 5) is 30.4. The van der Waals surface area contributed by atoms with Gasteiger partial charge in [0.1, 0.15) is 11.8 Å². The summed E-state index contributed by atoms with van der Waals surface area (Å²) in [5.74, 6) is 0.476. The van der Waals surface area contributed by atoms with Gasteiger partial charge in [-0.3, -0.25) is 9.69 Å². The second-order valence-electron chi connectivity index (χ2n) is 8.61. The van der Waals surface area contributed by atoms with Gasteiger partial charge in [0, 0.05) is 17.3 Å². The van der Waals surface area contributed by atoms with Crippen molar-refractivity contribution in [3.8, 4) is 17.1 Å². The van der Waals surface area contributed by atoms with Gasteiger partial charge in [0.15, 0.2) is 12.2 Å². The Labute approximate surface area is 198 Å². The highest BCUT2D eigenvalue weighted by Gasteiger charge is 2.38. The predicted molar refractivity (Wildman–Crippen MR) is 127 cm³/mol. The number of hydrogen-bond acceptors (Lipinski definition) is 6. The molecule has 0 radical (unpaired) electrons. The summed E-state index contributed by atoms with van der Waals surface area (Å²) in [7, 11) is 1.51. The van der Waals surface area contributed by atoms with E-state index >= 15 is 0 Å². The van der Waals surface area contributed by atoms with Crippen molar-refractivity contribution in [1.29, 1.82) is 0 Å². The molecule has 0 bridgehead atoms. The number of carbonyl (C=O) groups is 2. The van der Waals surface area contributed by atoms with Gasteiger partial charge in [-0.15, -0.1) is 0 Å². The molecule has 9 heteroatoms. The van der Waals surface area contributed by atoms with E-state index in [0.29, 0.717) is 22.8 Å². The number of hydrogen-bond donors (Lipinski definition) is 2. The molecule has 34 heavy (non-hydrogen) atoms. The van der Waals surface area contributed by atoms with Crippen LogP contribution in [-0.2, 0) is 16.1 Å². The molecule has 0 saturated heterocycles. The van der Waals surface area contributed by atoms with Crippen LogP contribution in [0.15, 0.2) is 65.5 Å². The van der Waals surface area contributed by atoms with Crippen LogP contribution in [0.3, 0.4) is 0 Å². The Balaban J connectivity index is 1.81. The normalized spacial score (nSPS) is 12.1. The molecule has 180 valence electrons. The number of benzene rings is 2. The lowest BCUT2D eigenvalue weighted by Crippen LogP contribution is -2.57. The number of ether oxygens (including phenoxy) is 2. The van der Waals surface area contributed by atoms with Crippen molar-refractivity contribution >= 4 is 17.7 Å². The Kier molecular flexibility index (Phi) is 7.91. The van der Waals surface area contributed by atoms with Gasteiger partial charge < -0.3 is 24.3 Å². The van der Waals surface area contributed by atoms with E-state index in [2.05, 4.69) is 10.3 Å². The van der Waals surface area contributed by atoms with Gasteiger partial charge in [-0.2, -0.15) is 0 Å². The Bertz CT molecular complexity index is 1090. The van der Waals surface area contributed by atoms with Crippen LogP contribution in [0.5, 0.6) is 5.75 Å². The van der Waals surface area contributed by atoms with Crippen molar-refractivity contribution in [3.05, 3.63) is 66.7 Å². The van der Waals surface area contributed by atoms with Crippen LogP contribution in [0.1, 0.15) is 26.3 Å². The number of rotatable bonds is 9. The second kappa shape index (κ2) is 10.8. The van der Waals surface area contributed by atoms with Crippen molar-refractivity contribution < 1.29 is 28.6 Å². The molecule has 2 aromatic carbocycles. The number of nitrogens with one attached hydrogen (secondary N) is 1. The lowest BCUT2D eigenvalue weighted by molar-refractivity contribution is -0.125. The molecular formula is C25H29N3O6. The van der Waals surface area contributed by atoms with Crippen LogP contribution >= 0.6 is 0 Å². The lowest BCUT2D eigenvalue weighted by atomic mass is 10.0. The van der Waals surface area contributed by atoms with Crippen LogP contribution < -0.4 is 10.1 Å². The minimum atomic E-state index is -1.21.